The number of benzene rings is 1. The third-order valence-electron chi connectivity index (χ3n) is 3.24. The second-order valence-corrected chi connectivity index (χ2v) is 5.04. The van der Waals surface area contributed by atoms with Crippen LogP contribution in [0.1, 0.15) is 22.3 Å². The van der Waals surface area contributed by atoms with E-state index in [9.17, 15) is 4.79 Å². The lowest BCUT2D eigenvalue weighted by atomic mass is 10.1. The van der Waals surface area contributed by atoms with Crippen molar-refractivity contribution in [3.05, 3.63) is 34.3 Å². The van der Waals surface area contributed by atoms with Gasteiger partial charge in [0, 0.05) is 23.2 Å². The Hall–Kier alpha value is -1.06. The van der Waals surface area contributed by atoms with E-state index in [2.05, 4.69) is 17.3 Å². The summed E-state index contributed by atoms with van der Waals surface area (Å²) in [7, 11) is 2.07. The lowest BCUT2D eigenvalue weighted by molar-refractivity contribution is 0.0938. The van der Waals surface area contributed by atoms with Crippen molar-refractivity contribution in [2.45, 2.75) is 19.4 Å². The molecule has 1 aromatic rings. The Bertz CT molecular complexity index is 433. The minimum Gasteiger partial charge on any atom is -0.348 e. The lowest BCUT2D eigenvalue weighted by Gasteiger charge is -2.14. The molecule has 0 saturated carbocycles. The van der Waals surface area contributed by atoms with E-state index < -0.39 is 0 Å². The largest absolute Gasteiger partial charge is 0.348 e. The van der Waals surface area contributed by atoms with Gasteiger partial charge in [0.25, 0.3) is 5.91 Å². The molecule has 1 saturated heterocycles. The van der Waals surface area contributed by atoms with Crippen LogP contribution >= 0.6 is 11.6 Å². The SMILES string of the molecule is Cc1c(Cl)cccc1C(=O)N[C@H]1CCN(C)C1. The summed E-state index contributed by atoms with van der Waals surface area (Å²) in [6.07, 6.45) is 1.02. The van der Waals surface area contributed by atoms with Crippen molar-refractivity contribution in [2.75, 3.05) is 20.1 Å². The number of hydrogen-bond donors (Lipinski definition) is 1. The normalized spacial score (nSPS) is 20.5. The van der Waals surface area contributed by atoms with Gasteiger partial charge in [-0.2, -0.15) is 0 Å². The van der Waals surface area contributed by atoms with E-state index in [1.165, 1.54) is 0 Å². The average molecular weight is 253 g/mol. The maximum atomic E-state index is 12.1. The number of nitrogens with zero attached hydrogens (tertiary/aromatic N) is 1. The molecular weight excluding hydrogens is 236 g/mol. The molecule has 1 fully saturated rings. The number of hydrogen-bond acceptors (Lipinski definition) is 2. The van der Waals surface area contributed by atoms with Gasteiger partial charge in [0.2, 0.25) is 0 Å². The van der Waals surface area contributed by atoms with Crippen LogP contribution in [-0.4, -0.2) is 37.0 Å². The molecular formula is C13H17ClN2O. The van der Waals surface area contributed by atoms with Gasteiger partial charge in [0.1, 0.15) is 0 Å². The summed E-state index contributed by atoms with van der Waals surface area (Å²) < 4.78 is 0. The van der Waals surface area contributed by atoms with Crippen LogP contribution in [0.4, 0.5) is 0 Å². The third kappa shape index (κ3) is 2.79. The van der Waals surface area contributed by atoms with Crippen molar-refractivity contribution in [1.82, 2.24) is 10.2 Å². The first-order valence-electron chi connectivity index (χ1n) is 5.82. The number of likely N-dealkylation sites (N-methyl/N-ethyl adjacent to an activating group) is 1. The van der Waals surface area contributed by atoms with E-state index >= 15 is 0 Å². The molecule has 0 unspecified atom stereocenters. The molecule has 1 heterocycles. The Morgan fingerprint density at radius 2 is 2.29 bits per heavy atom. The summed E-state index contributed by atoms with van der Waals surface area (Å²) in [5.74, 6) is -0.0229. The van der Waals surface area contributed by atoms with Crippen molar-refractivity contribution < 1.29 is 4.79 Å². The molecule has 0 aliphatic carbocycles. The summed E-state index contributed by atoms with van der Waals surface area (Å²) in [6.45, 7) is 3.84. The molecule has 4 heteroatoms. The maximum absolute atomic E-state index is 12.1. The first-order chi connectivity index (χ1) is 8.08. The minimum atomic E-state index is -0.0229. The summed E-state index contributed by atoms with van der Waals surface area (Å²) in [5, 5.41) is 3.69. The molecule has 92 valence electrons. The van der Waals surface area contributed by atoms with Crippen LogP contribution in [-0.2, 0) is 0 Å². The van der Waals surface area contributed by atoms with E-state index in [4.69, 9.17) is 11.6 Å². The van der Waals surface area contributed by atoms with Crippen LogP contribution in [0.15, 0.2) is 18.2 Å². The van der Waals surface area contributed by atoms with Crippen molar-refractivity contribution in [3.8, 4) is 0 Å². The van der Waals surface area contributed by atoms with E-state index in [0.717, 1.165) is 25.1 Å². The van der Waals surface area contributed by atoms with Crippen LogP contribution in [0.25, 0.3) is 0 Å². The highest BCUT2D eigenvalue weighted by Gasteiger charge is 2.22. The highest BCUT2D eigenvalue weighted by Crippen LogP contribution is 2.19. The molecule has 1 aromatic carbocycles. The molecule has 1 aliphatic heterocycles. The number of rotatable bonds is 2. The second-order valence-electron chi connectivity index (χ2n) is 4.63. The summed E-state index contributed by atoms with van der Waals surface area (Å²) >= 11 is 6.01. The molecule has 0 aromatic heterocycles. The number of amides is 1. The van der Waals surface area contributed by atoms with Crippen LogP contribution in [0.3, 0.4) is 0 Å². The highest BCUT2D eigenvalue weighted by molar-refractivity contribution is 6.31. The van der Waals surface area contributed by atoms with Gasteiger partial charge in [0.15, 0.2) is 0 Å². The van der Waals surface area contributed by atoms with Crippen LogP contribution in [0, 0.1) is 6.92 Å². The van der Waals surface area contributed by atoms with Gasteiger partial charge in [-0.15, -0.1) is 0 Å². The molecule has 0 spiro atoms. The number of carbonyl (C=O) groups excluding carboxylic acids is 1. The van der Waals surface area contributed by atoms with Gasteiger partial charge in [-0.1, -0.05) is 17.7 Å². The number of likely N-dealkylation sites (tertiary alicyclic amines) is 1. The minimum absolute atomic E-state index is 0.0229. The lowest BCUT2D eigenvalue weighted by Crippen LogP contribution is -2.36. The topological polar surface area (TPSA) is 32.3 Å². The summed E-state index contributed by atoms with van der Waals surface area (Å²) in [4.78, 5) is 14.3. The smallest absolute Gasteiger partial charge is 0.251 e. The van der Waals surface area contributed by atoms with Gasteiger partial charge < -0.3 is 10.2 Å². The van der Waals surface area contributed by atoms with E-state index in [1.54, 1.807) is 6.07 Å². The van der Waals surface area contributed by atoms with Crippen molar-refractivity contribution in [3.63, 3.8) is 0 Å². The maximum Gasteiger partial charge on any atom is 0.251 e. The quantitative estimate of drug-likeness (QED) is 0.874. The van der Waals surface area contributed by atoms with E-state index in [0.29, 0.717) is 10.6 Å². The Morgan fingerprint density at radius 1 is 1.53 bits per heavy atom. The van der Waals surface area contributed by atoms with E-state index in [1.807, 2.05) is 19.1 Å². The van der Waals surface area contributed by atoms with E-state index in [-0.39, 0.29) is 11.9 Å². The zero-order valence-electron chi connectivity index (χ0n) is 10.2. The number of carbonyl (C=O) groups is 1. The average Bonchev–Trinajstić information content (AvgIpc) is 2.68. The molecule has 1 N–H and O–H groups in total. The fraction of sp³-hybridized carbons (Fsp3) is 0.462. The molecule has 3 nitrogen and oxygen atoms in total. The standard InChI is InChI=1S/C13H17ClN2O/c1-9-11(4-3-5-12(9)14)13(17)15-10-6-7-16(2)8-10/h3-5,10H,6-8H2,1-2H3,(H,15,17)/t10-/m0/s1. The van der Waals surface area contributed by atoms with Gasteiger partial charge in [-0.25, -0.2) is 0 Å². The predicted octanol–water partition coefficient (Wildman–Crippen LogP) is 2.08. The molecule has 1 atom stereocenters. The molecule has 17 heavy (non-hydrogen) atoms. The monoisotopic (exact) mass is 252 g/mol. The van der Waals surface area contributed by atoms with Crippen molar-refractivity contribution >= 4 is 17.5 Å². The summed E-state index contributed by atoms with van der Waals surface area (Å²) in [6, 6.07) is 5.68. The fourth-order valence-electron chi connectivity index (χ4n) is 2.17. The molecule has 1 amide bonds. The second kappa shape index (κ2) is 5.07. The molecule has 1 aliphatic rings. The van der Waals surface area contributed by atoms with Crippen LogP contribution in [0.2, 0.25) is 5.02 Å². The Labute approximate surface area is 107 Å². The van der Waals surface area contributed by atoms with Gasteiger partial charge in [0.05, 0.1) is 0 Å². The first-order valence-corrected chi connectivity index (χ1v) is 6.20. The van der Waals surface area contributed by atoms with Crippen molar-refractivity contribution in [2.24, 2.45) is 0 Å². The third-order valence-corrected chi connectivity index (χ3v) is 3.65. The number of nitrogens with one attached hydrogen (secondary N) is 1. The Balaban J connectivity index is 2.07. The van der Waals surface area contributed by atoms with Crippen LogP contribution in [0.5, 0.6) is 0 Å². The predicted molar refractivity (Wildman–Crippen MR) is 69.6 cm³/mol. The summed E-state index contributed by atoms with van der Waals surface area (Å²) in [5.41, 5.74) is 1.52. The van der Waals surface area contributed by atoms with Crippen LogP contribution < -0.4 is 5.32 Å². The zero-order valence-corrected chi connectivity index (χ0v) is 10.9. The van der Waals surface area contributed by atoms with Gasteiger partial charge >= 0.3 is 0 Å². The molecule has 0 radical (unpaired) electrons. The van der Waals surface area contributed by atoms with Gasteiger partial charge in [-0.05, 0) is 44.6 Å². The number of halogens is 1. The fourth-order valence-corrected chi connectivity index (χ4v) is 2.34. The molecule has 0 bridgehead atoms. The Kier molecular flexibility index (Phi) is 3.69. The zero-order chi connectivity index (χ0) is 12.4. The molecule has 2 rings (SSSR count). The van der Waals surface area contributed by atoms with Crippen molar-refractivity contribution in [1.29, 1.82) is 0 Å². The Morgan fingerprint density at radius 3 is 2.94 bits per heavy atom. The highest BCUT2D eigenvalue weighted by atomic mass is 35.5. The van der Waals surface area contributed by atoms with Gasteiger partial charge in [-0.3, -0.25) is 4.79 Å². The first kappa shape index (κ1) is 12.4.